The fourth-order valence-electron chi connectivity index (χ4n) is 2.17. The van der Waals surface area contributed by atoms with E-state index in [1.54, 1.807) is 18.7 Å². The van der Waals surface area contributed by atoms with E-state index in [0.717, 1.165) is 18.5 Å². The summed E-state index contributed by atoms with van der Waals surface area (Å²) < 4.78 is 1.64. The summed E-state index contributed by atoms with van der Waals surface area (Å²) in [6.07, 6.45) is 1.78. The summed E-state index contributed by atoms with van der Waals surface area (Å²) in [4.78, 5) is 26.0. The lowest BCUT2D eigenvalue weighted by Gasteiger charge is -2.23. The van der Waals surface area contributed by atoms with Gasteiger partial charge in [0.15, 0.2) is 0 Å². The number of amides is 2. The molecule has 1 unspecified atom stereocenters. The summed E-state index contributed by atoms with van der Waals surface area (Å²) in [6, 6.07) is 1.86. The molecule has 0 fully saturated rings. The normalized spacial score (nSPS) is 12.8. The van der Waals surface area contributed by atoms with Crippen LogP contribution in [-0.2, 0) is 22.1 Å². The predicted octanol–water partition coefficient (Wildman–Crippen LogP) is 2.91. The second-order valence-electron chi connectivity index (χ2n) is 7.07. The highest BCUT2D eigenvalue weighted by Gasteiger charge is 2.23. The average molecular weight is 357 g/mol. The molecule has 136 valence electrons. The number of aromatic nitrogens is 2. The third-order valence-corrected chi connectivity index (χ3v) is 3.87. The molecular weight excluding hydrogens is 328 g/mol. The van der Waals surface area contributed by atoms with Crippen molar-refractivity contribution in [3.8, 4) is 0 Å². The van der Waals surface area contributed by atoms with Crippen molar-refractivity contribution in [2.24, 2.45) is 7.05 Å². The number of rotatable bonds is 7. The molecule has 0 radical (unpaired) electrons. The minimum atomic E-state index is -0.640. The van der Waals surface area contributed by atoms with E-state index in [4.69, 9.17) is 11.6 Å². The third kappa shape index (κ3) is 5.82. The number of alkyl halides is 1. The van der Waals surface area contributed by atoms with Crippen LogP contribution in [0.15, 0.2) is 6.07 Å². The first-order chi connectivity index (χ1) is 11.1. The van der Waals surface area contributed by atoms with Crippen LogP contribution in [0.1, 0.15) is 53.2 Å². The van der Waals surface area contributed by atoms with Crippen LogP contribution in [0.3, 0.4) is 0 Å². The van der Waals surface area contributed by atoms with Crippen LogP contribution >= 0.6 is 11.6 Å². The molecule has 1 aromatic heterocycles. The van der Waals surface area contributed by atoms with Gasteiger partial charge in [-0.15, -0.1) is 11.6 Å². The zero-order valence-corrected chi connectivity index (χ0v) is 16.3. The van der Waals surface area contributed by atoms with Gasteiger partial charge >= 0.3 is 0 Å². The molecule has 0 bridgehead atoms. The van der Waals surface area contributed by atoms with E-state index in [1.165, 1.54) is 4.90 Å². The number of anilines is 1. The minimum absolute atomic E-state index is 0.00801. The van der Waals surface area contributed by atoms with Gasteiger partial charge in [0.05, 0.1) is 12.2 Å². The predicted molar refractivity (Wildman–Crippen MR) is 97.3 cm³/mol. The van der Waals surface area contributed by atoms with Gasteiger partial charge in [-0.2, -0.15) is 5.10 Å². The molecule has 0 aliphatic carbocycles. The maximum atomic E-state index is 12.3. The number of nitrogens with zero attached hydrogens (tertiary/aromatic N) is 3. The monoisotopic (exact) mass is 356 g/mol. The summed E-state index contributed by atoms with van der Waals surface area (Å²) in [5, 5.41) is 6.62. The van der Waals surface area contributed by atoms with Gasteiger partial charge in [0.25, 0.3) is 0 Å². The van der Waals surface area contributed by atoms with Gasteiger partial charge in [-0.3, -0.25) is 14.3 Å². The quantitative estimate of drug-likeness (QED) is 0.764. The molecule has 6 nitrogen and oxygen atoms in total. The topological polar surface area (TPSA) is 67.2 Å². The van der Waals surface area contributed by atoms with Crippen molar-refractivity contribution in [2.45, 2.75) is 58.3 Å². The molecule has 0 aromatic carbocycles. The van der Waals surface area contributed by atoms with Crippen molar-refractivity contribution in [1.82, 2.24) is 14.7 Å². The summed E-state index contributed by atoms with van der Waals surface area (Å²) in [7, 11) is 1.78. The van der Waals surface area contributed by atoms with Gasteiger partial charge in [-0.05, 0) is 13.3 Å². The number of aryl methyl sites for hydroxylation is 1. The van der Waals surface area contributed by atoms with Crippen LogP contribution in [0.25, 0.3) is 0 Å². The van der Waals surface area contributed by atoms with Gasteiger partial charge in [0, 0.05) is 25.1 Å². The number of hydrogen-bond acceptors (Lipinski definition) is 3. The van der Waals surface area contributed by atoms with Crippen LogP contribution in [-0.4, -0.2) is 45.0 Å². The number of hydrogen-bond donors (Lipinski definition) is 1. The van der Waals surface area contributed by atoms with Crippen LogP contribution in [0.5, 0.6) is 0 Å². The Morgan fingerprint density at radius 3 is 2.50 bits per heavy atom. The average Bonchev–Trinajstić information content (AvgIpc) is 2.83. The highest BCUT2D eigenvalue weighted by Crippen LogP contribution is 2.23. The highest BCUT2D eigenvalue weighted by molar-refractivity contribution is 6.30. The fourth-order valence-corrected chi connectivity index (χ4v) is 2.31. The van der Waals surface area contributed by atoms with E-state index in [0.29, 0.717) is 12.4 Å². The molecule has 0 saturated carbocycles. The molecule has 1 N–H and O–H groups in total. The maximum Gasteiger partial charge on any atom is 0.245 e. The first kappa shape index (κ1) is 20.5. The molecule has 2 amide bonds. The SMILES string of the molecule is CCCCN(CC(=O)Nc1cc(C(C)(C)C)nn1C)C(=O)C(C)Cl. The minimum Gasteiger partial charge on any atom is -0.332 e. The smallest absolute Gasteiger partial charge is 0.245 e. The molecule has 0 spiro atoms. The van der Waals surface area contributed by atoms with E-state index in [1.807, 2.05) is 13.0 Å². The zero-order valence-electron chi connectivity index (χ0n) is 15.5. The van der Waals surface area contributed by atoms with E-state index >= 15 is 0 Å². The standard InChI is InChI=1S/C17H29ClN4O2/c1-7-8-9-22(16(24)12(2)18)11-15(23)19-14-10-13(17(3,4)5)20-21(14)6/h10,12H,7-9,11H2,1-6H3,(H,19,23). The molecule has 1 atom stereocenters. The van der Waals surface area contributed by atoms with Crippen molar-refractivity contribution in [1.29, 1.82) is 0 Å². The first-order valence-electron chi connectivity index (χ1n) is 8.33. The number of halogens is 1. The second-order valence-corrected chi connectivity index (χ2v) is 7.72. The van der Waals surface area contributed by atoms with E-state index in [-0.39, 0.29) is 23.8 Å². The van der Waals surface area contributed by atoms with Crippen LogP contribution < -0.4 is 5.32 Å². The van der Waals surface area contributed by atoms with Gasteiger partial charge in [-0.25, -0.2) is 0 Å². The Labute approximate surface area is 149 Å². The van der Waals surface area contributed by atoms with Crippen LogP contribution in [0.2, 0.25) is 0 Å². The number of carbonyl (C=O) groups is 2. The summed E-state index contributed by atoms with van der Waals surface area (Å²) in [6.45, 7) is 10.4. The highest BCUT2D eigenvalue weighted by atomic mass is 35.5. The molecule has 0 saturated heterocycles. The Hall–Kier alpha value is -1.56. The number of unbranched alkanes of at least 4 members (excludes halogenated alkanes) is 1. The lowest BCUT2D eigenvalue weighted by atomic mass is 9.92. The molecular formula is C17H29ClN4O2. The molecule has 0 aliphatic heterocycles. The number of carbonyl (C=O) groups excluding carboxylic acids is 2. The zero-order chi connectivity index (χ0) is 18.5. The second kappa shape index (κ2) is 8.51. The summed E-state index contributed by atoms with van der Waals surface area (Å²) in [5.41, 5.74) is 0.798. The summed E-state index contributed by atoms with van der Waals surface area (Å²) >= 11 is 5.89. The largest absolute Gasteiger partial charge is 0.332 e. The van der Waals surface area contributed by atoms with Crippen molar-refractivity contribution in [3.63, 3.8) is 0 Å². The van der Waals surface area contributed by atoms with Gasteiger partial charge in [0.1, 0.15) is 11.2 Å². The van der Waals surface area contributed by atoms with Crippen molar-refractivity contribution < 1.29 is 9.59 Å². The lowest BCUT2D eigenvalue weighted by Crippen LogP contribution is -2.41. The van der Waals surface area contributed by atoms with Gasteiger partial charge in [0.2, 0.25) is 11.8 Å². The third-order valence-electron chi connectivity index (χ3n) is 3.68. The molecule has 7 heteroatoms. The first-order valence-corrected chi connectivity index (χ1v) is 8.77. The molecule has 1 heterocycles. The van der Waals surface area contributed by atoms with Crippen molar-refractivity contribution in [3.05, 3.63) is 11.8 Å². The molecule has 1 aromatic rings. The Morgan fingerprint density at radius 1 is 1.42 bits per heavy atom. The van der Waals surface area contributed by atoms with Crippen LogP contribution in [0, 0.1) is 0 Å². The Kier molecular flexibility index (Phi) is 7.27. The van der Waals surface area contributed by atoms with Crippen molar-refractivity contribution >= 4 is 29.2 Å². The Morgan fingerprint density at radius 2 is 2.04 bits per heavy atom. The van der Waals surface area contributed by atoms with E-state index in [9.17, 15) is 9.59 Å². The van der Waals surface area contributed by atoms with Crippen molar-refractivity contribution in [2.75, 3.05) is 18.4 Å². The maximum absolute atomic E-state index is 12.3. The van der Waals surface area contributed by atoms with E-state index in [2.05, 4.69) is 31.2 Å². The molecule has 0 aliphatic rings. The van der Waals surface area contributed by atoms with E-state index < -0.39 is 5.38 Å². The lowest BCUT2D eigenvalue weighted by molar-refractivity contribution is -0.134. The van der Waals surface area contributed by atoms with Gasteiger partial charge in [-0.1, -0.05) is 34.1 Å². The number of nitrogens with one attached hydrogen (secondary N) is 1. The fraction of sp³-hybridized carbons (Fsp3) is 0.706. The van der Waals surface area contributed by atoms with Crippen LogP contribution in [0.4, 0.5) is 5.82 Å². The summed E-state index contributed by atoms with van der Waals surface area (Å²) in [5.74, 6) is 0.146. The Bertz CT molecular complexity index is 576. The molecule has 24 heavy (non-hydrogen) atoms. The Balaban J connectivity index is 2.79. The van der Waals surface area contributed by atoms with Gasteiger partial charge < -0.3 is 10.2 Å². The molecule has 1 rings (SSSR count).